The first-order valence-corrected chi connectivity index (χ1v) is 6.47. The van der Waals surface area contributed by atoms with Gasteiger partial charge in [0, 0.05) is 6.54 Å². The van der Waals surface area contributed by atoms with Gasteiger partial charge >= 0.3 is 6.18 Å². The van der Waals surface area contributed by atoms with Crippen molar-refractivity contribution in [1.82, 2.24) is 5.32 Å². The molecule has 21 heavy (non-hydrogen) atoms. The van der Waals surface area contributed by atoms with E-state index in [2.05, 4.69) is 5.32 Å². The molecule has 0 radical (unpaired) electrons. The van der Waals surface area contributed by atoms with Crippen molar-refractivity contribution in [2.24, 2.45) is 0 Å². The lowest BCUT2D eigenvalue weighted by atomic mass is 10.1. The Morgan fingerprint density at radius 1 is 1.29 bits per heavy atom. The zero-order valence-corrected chi connectivity index (χ0v) is 11.4. The summed E-state index contributed by atoms with van der Waals surface area (Å²) in [7, 11) is 0. The van der Waals surface area contributed by atoms with Crippen LogP contribution in [0, 0.1) is 6.92 Å². The Balaban J connectivity index is 1.94. The van der Waals surface area contributed by atoms with Crippen LogP contribution in [-0.2, 0) is 12.7 Å². The second-order valence-electron chi connectivity index (χ2n) is 4.80. The maximum Gasteiger partial charge on any atom is 0.416 e. The highest BCUT2D eigenvalue weighted by Crippen LogP contribution is 2.30. The van der Waals surface area contributed by atoms with Crippen molar-refractivity contribution in [3.05, 3.63) is 59.0 Å². The van der Waals surface area contributed by atoms with Crippen molar-refractivity contribution < 1.29 is 22.7 Å². The molecule has 0 bridgehead atoms. The average molecular weight is 299 g/mol. The van der Waals surface area contributed by atoms with E-state index in [9.17, 15) is 18.3 Å². The lowest BCUT2D eigenvalue weighted by molar-refractivity contribution is -0.137. The van der Waals surface area contributed by atoms with Gasteiger partial charge < -0.3 is 14.8 Å². The second-order valence-corrected chi connectivity index (χ2v) is 4.80. The number of hydrogen-bond donors (Lipinski definition) is 2. The van der Waals surface area contributed by atoms with E-state index in [1.54, 1.807) is 6.26 Å². The van der Waals surface area contributed by atoms with Crippen LogP contribution in [0.4, 0.5) is 13.2 Å². The highest BCUT2D eigenvalue weighted by atomic mass is 19.4. The van der Waals surface area contributed by atoms with E-state index in [0.717, 1.165) is 23.5 Å². The van der Waals surface area contributed by atoms with Gasteiger partial charge in [0.1, 0.15) is 5.76 Å². The number of aliphatic hydroxyl groups is 1. The summed E-state index contributed by atoms with van der Waals surface area (Å²) in [5.74, 6) is 0.742. The molecule has 1 unspecified atom stereocenters. The molecule has 6 heteroatoms. The van der Waals surface area contributed by atoms with E-state index in [-0.39, 0.29) is 12.1 Å². The Bertz CT molecular complexity index is 593. The highest BCUT2D eigenvalue weighted by Gasteiger charge is 2.30. The van der Waals surface area contributed by atoms with Gasteiger partial charge in [-0.3, -0.25) is 0 Å². The van der Waals surface area contributed by atoms with Crippen LogP contribution in [0.15, 0.2) is 41.0 Å². The third kappa shape index (κ3) is 4.09. The molecule has 0 saturated heterocycles. The molecule has 1 aromatic heterocycles. The molecule has 3 nitrogen and oxygen atoms in total. The fraction of sp³-hybridized carbons (Fsp3) is 0.333. The fourth-order valence-electron chi connectivity index (χ4n) is 1.95. The normalized spacial score (nSPS) is 13.4. The molecular weight excluding hydrogens is 283 g/mol. The van der Waals surface area contributed by atoms with Crippen molar-refractivity contribution in [2.75, 3.05) is 6.54 Å². The molecule has 1 atom stereocenters. The summed E-state index contributed by atoms with van der Waals surface area (Å²) in [5.41, 5.74) is 0.450. The standard InChI is InChI=1S/C15H16F3NO2/c1-10-5-6-21-14(10)9-19-8-13(20)11-3-2-4-12(7-11)15(16,17)18/h2-7,13,19-20H,8-9H2,1H3. The minimum Gasteiger partial charge on any atom is -0.468 e. The van der Waals surface area contributed by atoms with Gasteiger partial charge in [0.25, 0.3) is 0 Å². The topological polar surface area (TPSA) is 45.4 Å². The SMILES string of the molecule is Cc1ccoc1CNCC(O)c1cccc(C(F)(F)F)c1. The first-order valence-electron chi connectivity index (χ1n) is 6.47. The number of aryl methyl sites for hydroxylation is 1. The van der Waals surface area contributed by atoms with Crippen molar-refractivity contribution in [2.45, 2.75) is 25.7 Å². The second kappa shape index (κ2) is 6.32. The molecule has 0 aliphatic rings. The molecule has 0 aliphatic carbocycles. The summed E-state index contributed by atoms with van der Waals surface area (Å²) in [6.45, 7) is 2.44. The van der Waals surface area contributed by atoms with Gasteiger partial charge in [-0.1, -0.05) is 12.1 Å². The minimum atomic E-state index is -4.41. The summed E-state index contributed by atoms with van der Waals surface area (Å²) in [4.78, 5) is 0. The number of furan rings is 1. The van der Waals surface area contributed by atoms with Gasteiger partial charge in [-0.05, 0) is 36.2 Å². The van der Waals surface area contributed by atoms with E-state index in [4.69, 9.17) is 4.42 Å². The van der Waals surface area contributed by atoms with E-state index < -0.39 is 17.8 Å². The van der Waals surface area contributed by atoms with Crippen LogP contribution in [0.3, 0.4) is 0 Å². The van der Waals surface area contributed by atoms with Crippen LogP contribution < -0.4 is 5.32 Å². The van der Waals surface area contributed by atoms with Gasteiger partial charge in [0.15, 0.2) is 0 Å². The molecule has 114 valence electrons. The Morgan fingerprint density at radius 3 is 2.67 bits per heavy atom. The highest BCUT2D eigenvalue weighted by molar-refractivity contribution is 5.27. The predicted molar refractivity (Wildman–Crippen MR) is 71.6 cm³/mol. The third-order valence-corrected chi connectivity index (χ3v) is 3.19. The summed E-state index contributed by atoms with van der Waals surface area (Å²) in [6.07, 6.45) is -3.85. The monoisotopic (exact) mass is 299 g/mol. The third-order valence-electron chi connectivity index (χ3n) is 3.19. The number of aliphatic hydroxyl groups excluding tert-OH is 1. The minimum absolute atomic E-state index is 0.140. The lowest BCUT2D eigenvalue weighted by Crippen LogP contribution is -2.21. The summed E-state index contributed by atoms with van der Waals surface area (Å²) < 4.78 is 43.0. The molecule has 0 spiro atoms. The smallest absolute Gasteiger partial charge is 0.416 e. The van der Waals surface area contributed by atoms with Gasteiger partial charge in [-0.2, -0.15) is 13.2 Å². The summed E-state index contributed by atoms with van der Waals surface area (Å²) in [5, 5.41) is 12.9. The largest absolute Gasteiger partial charge is 0.468 e. The first-order chi connectivity index (χ1) is 9.88. The van der Waals surface area contributed by atoms with Gasteiger partial charge in [0.2, 0.25) is 0 Å². The number of nitrogens with one attached hydrogen (secondary N) is 1. The molecule has 2 rings (SSSR count). The Morgan fingerprint density at radius 2 is 2.05 bits per heavy atom. The zero-order valence-electron chi connectivity index (χ0n) is 11.4. The van der Waals surface area contributed by atoms with Crippen LogP contribution in [0.1, 0.15) is 28.6 Å². The molecule has 0 aliphatic heterocycles. The maximum absolute atomic E-state index is 12.6. The number of rotatable bonds is 5. The average Bonchev–Trinajstić information content (AvgIpc) is 2.83. The Hall–Kier alpha value is -1.79. The molecular formula is C15H16F3NO2. The number of alkyl halides is 3. The van der Waals surface area contributed by atoms with Crippen LogP contribution in [0.2, 0.25) is 0 Å². The first kappa shape index (κ1) is 15.6. The predicted octanol–water partition coefficient (Wildman–Crippen LogP) is 3.43. The maximum atomic E-state index is 12.6. The van der Waals surface area contributed by atoms with Crippen LogP contribution in [0.25, 0.3) is 0 Å². The zero-order chi connectivity index (χ0) is 15.5. The molecule has 0 fully saturated rings. The fourth-order valence-corrected chi connectivity index (χ4v) is 1.95. The van der Waals surface area contributed by atoms with Gasteiger partial charge in [-0.15, -0.1) is 0 Å². The van der Waals surface area contributed by atoms with Crippen molar-refractivity contribution in [3.8, 4) is 0 Å². The van der Waals surface area contributed by atoms with Crippen LogP contribution in [0.5, 0.6) is 0 Å². The van der Waals surface area contributed by atoms with E-state index >= 15 is 0 Å². The van der Waals surface area contributed by atoms with E-state index in [1.807, 2.05) is 13.0 Å². The quantitative estimate of drug-likeness (QED) is 0.889. The molecule has 0 amide bonds. The van der Waals surface area contributed by atoms with Crippen molar-refractivity contribution in [1.29, 1.82) is 0 Å². The number of halogens is 3. The number of benzene rings is 1. The Kier molecular flexibility index (Phi) is 4.69. The van der Waals surface area contributed by atoms with Gasteiger partial charge in [-0.25, -0.2) is 0 Å². The lowest BCUT2D eigenvalue weighted by Gasteiger charge is -2.14. The van der Waals surface area contributed by atoms with E-state index in [1.165, 1.54) is 12.1 Å². The van der Waals surface area contributed by atoms with Gasteiger partial charge in [0.05, 0.1) is 24.5 Å². The molecule has 2 N–H and O–H groups in total. The van der Waals surface area contributed by atoms with Crippen molar-refractivity contribution in [3.63, 3.8) is 0 Å². The molecule has 0 saturated carbocycles. The summed E-state index contributed by atoms with van der Waals surface area (Å²) in [6, 6.07) is 6.53. The van der Waals surface area contributed by atoms with E-state index in [0.29, 0.717) is 6.54 Å². The summed E-state index contributed by atoms with van der Waals surface area (Å²) >= 11 is 0. The van der Waals surface area contributed by atoms with Crippen molar-refractivity contribution >= 4 is 0 Å². The van der Waals surface area contributed by atoms with Crippen LogP contribution in [-0.4, -0.2) is 11.7 Å². The van der Waals surface area contributed by atoms with Crippen LogP contribution >= 0.6 is 0 Å². The molecule has 1 heterocycles. The molecule has 1 aromatic carbocycles. The Labute approximate surface area is 120 Å². The number of hydrogen-bond acceptors (Lipinski definition) is 3. The molecule has 2 aromatic rings.